The van der Waals surface area contributed by atoms with Crippen LogP contribution in [0.1, 0.15) is 38.2 Å². The number of carboxylic acid groups (broad SMARTS) is 1. The van der Waals surface area contributed by atoms with Gasteiger partial charge in [0.2, 0.25) is 5.88 Å². The molecular weight excluding hydrogens is 649 g/mol. The molecule has 256 valence electrons. The van der Waals surface area contributed by atoms with Gasteiger partial charge in [-0.15, -0.1) is 6.42 Å². The van der Waals surface area contributed by atoms with Crippen LogP contribution in [-0.4, -0.2) is 98.1 Å². The zero-order chi connectivity index (χ0) is 34.6. The maximum atomic E-state index is 17.2. The first-order valence-electron chi connectivity index (χ1n) is 16.8. The molecule has 2 bridgehead atoms. The molecule has 4 fully saturated rings. The summed E-state index contributed by atoms with van der Waals surface area (Å²) in [6, 6.07) is 6.61. The predicted molar refractivity (Wildman–Crippen MR) is 179 cm³/mol. The number of alkyl halides is 1. The zero-order valence-electron chi connectivity index (χ0n) is 27.2. The second-order valence-electron chi connectivity index (χ2n) is 14.2. The lowest BCUT2D eigenvalue weighted by atomic mass is 9.93. The lowest BCUT2D eigenvalue weighted by Crippen LogP contribution is -2.64. The van der Waals surface area contributed by atoms with Crippen LogP contribution in [0, 0.1) is 24.0 Å². The summed E-state index contributed by atoms with van der Waals surface area (Å²) in [5.74, 6) is 1.35. The minimum atomic E-state index is -1.01. The van der Waals surface area contributed by atoms with E-state index >= 15 is 8.78 Å². The number of benzene rings is 2. The van der Waals surface area contributed by atoms with Gasteiger partial charge in [0.25, 0.3) is 0 Å². The average molecular weight is 683 g/mol. The minimum absolute atomic E-state index is 0.0291. The number of hydrogen-bond acceptors (Lipinski definition) is 8. The summed E-state index contributed by atoms with van der Waals surface area (Å²) in [7, 11) is 0. The fourth-order valence-corrected chi connectivity index (χ4v) is 9.30. The number of fused-ring (bicyclic) bond motifs is 7. The van der Waals surface area contributed by atoms with Gasteiger partial charge in [0.1, 0.15) is 47.1 Å². The van der Waals surface area contributed by atoms with Gasteiger partial charge in [-0.2, -0.15) is 9.97 Å². The average Bonchev–Trinajstić information content (AvgIpc) is 3.65. The summed E-state index contributed by atoms with van der Waals surface area (Å²) in [5, 5.41) is 11.3. The van der Waals surface area contributed by atoms with Gasteiger partial charge in [0.05, 0.1) is 29.2 Å². The third-order valence-electron chi connectivity index (χ3n) is 11.2. The molecule has 0 aliphatic carbocycles. The molecular formula is C37H33F3N6O4. The van der Waals surface area contributed by atoms with E-state index in [1.807, 2.05) is 16.7 Å². The molecule has 10 nitrogen and oxygen atoms in total. The summed E-state index contributed by atoms with van der Waals surface area (Å²) in [4.78, 5) is 32.1. The zero-order valence-corrected chi connectivity index (χ0v) is 27.2. The SMILES string of the molecule is C#Cc1c(F)ccc2cccc(-c3nc4c5c(nc(OCC67CC(=C)CN6C[C@@H](F)C7)nc5c3F)N3CC5CCC(C3C(C)O4)N5C(=O)O)c12. The van der Waals surface area contributed by atoms with Crippen molar-refractivity contribution in [3.8, 4) is 35.5 Å². The van der Waals surface area contributed by atoms with Crippen LogP contribution in [0.4, 0.5) is 23.8 Å². The number of rotatable bonds is 4. The first-order chi connectivity index (χ1) is 24.1. The minimum Gasteiger partial charge on any atom is -0.472 e. The quantitative estimate of drug-likeness (QED) is 0.214. The van der Waals surface area contributed by atoms with Crippen LogP contribution in [0.25, 0.3) is 32.9 Å². The summed E-state index contributed by atoms with van der Waals surface area (Å²) in [6.07, 6.45) is 5.24. The monoisotopic (exact) mass is 682 g/mol. The molecule has 5 aliphatic rings. The number of piperazine rings is 1. The van der Waals surface area contributed by atoms with Gasteiger partial charge < -0.3 is 19.5 Å². The molecule has 4 saturated heterocycles. The Kier molecular flexibility index (Phi) is 6.78. The molecule has 50 heavy (non-hydrogen) atoms. The van der Waals surface area contributed by atoms with Gasteiger partial charge in [0, 0.05) is 37.0 Å². The van der Waals surface area contributed by atoms with Gasteiger partial charge in [0.15, 0.2) is 5.82 Å². The van der Waals surface area contributed by atoms with E-state index in [4.69, 9.17) is 25.9 Å². The van der Waals surface area contributed by atoms with Crippen LogP contribution >= 0.6 is 0 Å². The smallest absolute Gasteiger partial charge is 0.407 e. The molecule has 1 amide bonds. The van der Waals surface area contributed by atoms with E-state index in [2.05, 4.69) is 17.5 Å². The Morgan fingerprint density at radius 1 is 1.18 bits per heavy atom. The van der Waals surface area contributed by atoms with Gasteiger partial charge in [-0.1, -0.05) is 42.3 Å². The molecule has 2 aromatic heterocycles. The number of anilines is 1. The van der Waals surface area contributed by atoms with Crippen molar-refractivity contribution < 1.29 is 32.5 Å². The maximum absolute atomic E-state index is 17.2. The molecule has 0 radical (unpaired) electrons. The number of carbonyl (C=O) groups is 1. The van der Waals surface area contributed by atoms with E-state index in [1.165, 1.54) is 11.0 Å². The summed E-state index contributed by atoms with van der Waals surface area (Å²) < 4.78 is 59.7. The Hall–Kier alpha value is -5.09. The van der Waals surface area contributed by atoms with Gasteiger partial charge in [-0.25, -0.2) is 22.9 Å². The lowest BCUT2D eigenvalue weighted by molar-refractivity contribution is 0.0706. The molecule has 0 saturated carbocycles. The lowest BCUT2D eigenvalue weighted by Gasteiger charge is -2.47. The van der Waals surface area contributed by atoms with E-state index in [0.29, 0.717) is 48.9 Å². The number of terminal acetylenes is 1. The fraction of sp³-hybridized carbons (Fsp3) is 0.405. The van der Waals surface area contributed by atoms with Crippen LogP contribution in [0.2, 0.25) is 0 Å². The topological polar surface area (TPSA) is 104 Å². The molecule has 5 aliphatic heterocycles. The maximum Gasteiger partial charge on any atom is 0.407 e. The van der Waals surface area contributed by atoms with Crippen molar-refractivity contribution in [3.05, 3.63) is 59.7 Å². The molecule has 7 heterocycles. The molecule has 6 atom stereocenters. The number of pyridine rings is 1. The number of nitrogens with zero attached hydrogens (tertiary/aromatic N) is 6. The third-order valence-corrected chi connectivity index (χ3v) is 11.2. The van der Waals surface area contributed by atoms with Crippen molar-refractivity contribution in [2.24, 2.45) is 0 Å². The van der Waals surface area contributed by atoms with Gasteiger partial charge in [-0.05, 0) is 37.6 Å². The van der Waals surface area contributed by atoms with Crippen molar-refractivity contribution >= 4 is 33.6 Å². The molecule has 13 heteroatoms. The largest absolute Gasteiger partial charge is 0.472 e. The molecule has 5 unspecified atom stereocenters. The summed E-state index contributed by atoms with van der Waals surface area (Å²) in [6.45, 7) is 7.17. The Balaban J connectivity index is 1.25. The fourth-order valence-electron chi connectivity index (χ4n) is 9.30. The van der Waals surface area contributed by atoms with Crippen molar-refractivity contribution in [3.63, 3.8) is 0 Å². The number of ether oxygens (including phenoxy) is 2. The van der Waals surface area contributed by atoms with Crippen molar-refractivity contribution in [1.29, 1.82) is 0 Å². The Bertz CT molecular complexity index is 2190. The number of hydrogen-bond donors (Lipinski definition) is 1. The summed E-state index contributed by atoms with van der Waals surface area (Å²) in [5.41, 5.74) is 0.309. The third kappa shape index (κ3) is 4.40. The normalized spacial score (nSPS) is 28.4. The predicted octanol–water partition coefficient (Wildman–Crippen LogP) is 5.71. The Morgan fingerprint density at radius 2 is 2.02 bits per heavy atom. The number of amides is 1. The van der Waals surface area contributed by atoms with Crippen molar-refractivity contribution in [2.75, 3.05) is 31.1 Å². The summed E-state index contributed by atoms with van der Waals surface area (Å²) >= 11 is 0. The first-order valence-corrected chi connectivity index (χ1v) is 16.8. The van der Waals surface area contributed by atoms with E-state index in [-0.39, 0.29) is 65.2 Å². The van der Waals surface area contributed by atoms with Crippen LogP contribution in [0.15, 0.2) is 42.5 Å². The molecule has 4 aromatic rings. The standard InChI is InChI=1S/C37H33F3N6O4/c1-4-23-25(39)10-8-20-6-5-7-24(27(20)23)30-29(40)31-28-33(43-35(42-31)49-17-37-12-18(2)14-44(37)15-21(38)13-37)45-16-22-9-11-26(46(22)36(47)48)32(45)19(3)50-34(28)41-30/h1,5-8,10,19,21-22,26,32H,2,9,11-17H2,3H3,(H,47,48)/t19?,21-,22?,26?,32?,37?/m0/s1. The first kappa shape index (κ1) is 30.9. The van der Waals surface area contributed by atoms with Crippen molar-refractivity contribution in [2.45, 2.75) is 68.5 Å². The molecule has 0 spiro atoms. The Labute approximate surface area is 285 Å². The van der Waals surface area contributed by atoms with Crippen LogP contribution in [-0.2, 0) is 0 Å². The molecule has 9 rings (SSSR count). The van der Waals surface area contributed by atoms with Crippen LogP contribution < -0.4 is 14.4 Å². The van der Waals surface area contributed by atoms with E-state index in [9.17, 15) is 14.3 Å². The molecule has 2 aromatic carbocycles. The van der Waals surface area contributed by atoms with Crippen LogP contribution in [0.3, 0.4) is 0 Å². The van der Waals surface area contributed by atoms with E-state index in [0.717, 1.165) is 5.57 Å². The Morgan fingerprint density at radius 3 is 2.82 bits per heavy atom. The van der Waals surface area contributed by atoms with E-state index < -0.39 is 47.6 Å². The highest BCUT2D eigenvalue weighted by Crippen LogP contribution is 2.48. The van der Waals surface area contributed by atoms with Crippen molar-refractivity contribution in [1.82, 2.24) is 24.8 Å². The highest BCUT2D eigenvalue weighted by atomic mass is 19.1. The van der Waals surface area contributed by atoms with Gasteiger partial charge >= 0.3 is 12.1 Å². The highest BCUT2D eigenvalue weighted by Gasteiger charge is 2.54. The van der Waals surface area contributed by atoms with E-state index in [1.54, 1.807) is 24.3 Å². The highest BCUT2D eigenvalue weighted by molar-refractivity contribution is 6.03. The second-order valence-corrected chi connectivity index (χ2v) is 14.2. The number of aromatic nitrogens is 3. The second kappa shape index (κ2) is 11.0. The number of halogens is 3. The molecule has 1 N–H and O–H groups in total. The van der Waals surface area contributed by atoms with Gasteiger partial charge in [-0.3, -0.25) is 9.80 Å². The van der Waals surface area contributed by atoms with Crippen LogP contribution in [0.5, 0.6) is 11.9 Å².